The van der Waals surface area contributed by atoms with E-state index in [1.54, 1.807) is 6.07 Å². The fourth-order valence-corrected chi connectivity index (χ4v) is 1.85. The summed E-state index contributed by atoms with van der Waals surface area (Å²) in [6, 6.07) is 3.52. The van der Waals surface area contributed by atoms with Gasteiger partial charge in [-0.3, -0.25) is 0 Å². The van der Waals surface area contributed by atoms with Crippen LogP contribution in [0.15, 0.2) is 12.1 Å². The molecule has 1 atom stereocenters. The Bertz CT molecular complexity index is 326. The van der Waals surface area contributed by atoms with Gasteiger partial charge in [0.15, 0.2) is 0 Å². The van der Waals surface area contributed by atoms with E-state index < -0.39 is 0 Å². The first-order chi connectivity index (χ1) is 7.00. The molecule has 0 amide bonds. The Morgan fingerprint density at radius 3 is 2.47 bits per heavy atom. The third kappa shape index (κ3) is 3.98. The van der Waals surface area contributed by atoms with E-state index in [-0.39, 0.29) is 6.04 Å². The lowest BCUT2D eigenvalue weighted by Crippen LogP contribution is -2.12. The number of nitrogens with two attached hydrogens (primary N) is 1. The van der Waals surface area contributed by atoms with E-state index >= 15 is 0 Å². The molecule has 0 spiro atoms. The molecule has 84 valence electrons. The molecule has 0 aromatic carbocycles. The van der Waals surface area contributed by atoms with Gasteiger partial charge >= 0.3 is 0 Å². The van der Waals surface area contributed by atoms with Crippen LogP contribution in [0.3, 0.4) is 0 Å². The molecular formula is C11H16Cl2N2. The molecule has 0 aliphatic heterocycles. The van der Waals surface area contributed by atoms with Crippen molar-refractivity contribution in [3.05, 3.63) is 28.0 Å². The summed E-state index contributed by atoms with van der Waals surface area (Å²) in [5.41, 5.74) is 6.90. The summed E-state index contributed by atoms with van der Waals surface area (Å²) in [5.74, 6) is 0.648. The molecule has 1 aromatic heterocycles. The van der Waals surface area contributed by atoms with Gasteiger partial charge in [0.05, 0.1) is 0 Å². The van der Waals surface area contributed by atoms with Crippen LogP contribution in [0.25, 0.3) is 0 Å². The Morgan fingerprint density at radius 2 is 1.93 bits per heavy atom. The predicted molar refractivity (Wildman–Crippen MR) is 65.3 cm³/mol. The number of hydrogen-bond donors (Lipinski definition) is 1. The summed E-state index contributed by atoms with van der Waals surface area (Å²) in [6.45, 7) is 4.35. The van der Waals surface area contributed by atoms with Crippen molar-refractivity contribution in [2.45, 2.75) is 32.7 Å². The molecule has 15 heavy (non-hydrogen) atoms. The fraction of sp³-hybridized carbons (Fsp3) is 0.545. The molecule has 1 aromatic rings. The quantitative estimate of drug-likeness (QED) is 0.821. The van der Waals surface area contributed by atoms with E-state index in [0.29, 0.717) is 16.2 Å². The van der Waals surface area contributed by atoms with Gasteiger partial charge in [-0.15, -0.1) is 0 Å². The fourth-order valence-electron chi connectivity index (χ4n) is 1.37. The van der Waals surface area contributed by atoms with E-state index in [9.17, 15) is 0 Å². The molecule has 0 fully saturated rings. The Balaban J connectivity index is 2.69. The van der Waals surface area contributed by atoms with Gasteiger partial charge in [0, 0.05) is 11.6 Å². The molecule has 0 unspecified atom stereocenters. The molecular weight excluding hydrogens is 231 g/mol. The predicted octanol–water partition coefficient (Wildman–Crippen LogP) is 3.82. The second-order valence-electron chi connectivity index (χ2n) is 4.09. The molecule has 0 saturated carbocycles. The van der Waals surface area contributed by atoms with Crippen molar-refractivity contribution in [1.82, 2.24) is 4.98 Å². The van der Waals surface area contributed by atoms with Crippen molar-refractivity contribution < 1.29 is 0 Å². The highest BCUT2D eigenvalue weighted by atomic mass is 35.5. The van der Waals surface area contributed by atoms with E-state index in [1.165, 1.54) is 0 Å². The maximum absolute atomic E-state index is 6.03. The number of hydrogen-bond acceptors (Lipinski definition) is 2. The van der Waals surface area contributed by atoms with Crippen LogP contribution in [0.2, 0.25) is 10.3 Å². The highest BCUT2D eigenvalue weighted by Crippen LogP contribution is 2.25. The Kier molecular flexibility index (Phi) is 4.84. The van der Waals surface area contributed by atoms with Gasteiger partial charge in [0.2, 0.25) is 0 Å². The van der Waals surface area contributed by atoms with Gasteiger partial charge < -0.3 is 5.73 Å². The molecule has 0 radical (unpaired) electrons. The van der Waals surface area contributed by atoms with Crippen LogP contribution in [0.4, 0.5) is 0 Å². The minimum Gasteiger partial charge on any atom is -0.324 e. The van der Waals surface area contributed by atoms with Crippen molar-refractivity contribution in [3.63, 3.8) is 0 Å². The van der Waals surface area contributed by atoms with Gasteiger partial charge in [0.1, 0.15) is 10.3 Å². The van der Waals surface area contributed by atoms with Crippen LogP contribution in [0.5, 0.6) is 0 Å². The lowest BCUT2D eigenvalue weighted by Gasteiger charge is -2.14. The summed E-state index contributed by atoms with van der Waals surface area (Å²) in [4.78, 5) is 3.97. The van der Waals surface area contributed by atoms with Gasteiger partial charge in [-0.25, -0.2) is 4.98 Å². The number of pyridine rings is 1. The first kappa shape index (κ1) is 12.8. The van der Waals surface area contributed by atoms with E-state index in [2.05, 4.69) is 18.8 Å². The summed E-state index contributed by atoms with van der Waals surface area (Å²) >= 11 is 11.7. The van der Waals surface area contributed by atoms with Crippen LogP contribution in [-0.2, 0) is 0 Å². The monoisotopic (exact) mass is 246 g/mol. The summed E-state index contributed by atoms with van der Waals surface area (Å²) in [5, 5.41) is 0.818. The molecule has 1 rings (SSSR count). The van der Waals surface area contributed by atoms with Crippen LogP contribution in [-0.4, -0.2) is 4.98 Å². The van der Waals surface area contributed by atoms with Crippen molar-refractivity contribution in [1.29, 1.82) is 0 Å². The first-order valence-corrected chi connectivity index (χ1v) is 5.83. The zero-order valence-electron chi connectivity index (χ0n) is 9.00. The normalized spacial score (nSPS) is 13.2. The third-order valence-electron chi connectivity index (χ3n) is 2.30. The van der Waals surface area contributed by atoms with Crippen molar-refractivity contribution in [2.24, 2.45) is 11.7 Å². The van der Waals surface area contributed by atoms with E-state index in [0.717, 1.165) is 18.4 Å². The van der Waals surface area contributed by atoms with Gasteiger partial charge in [-0.2, -0.15) is 0 Å². The number of aromatic nitrogens is 1. The maximum Gasteiger partial charge on any atom is 0.135 e. The Hall–Kier alpha value is -0.310. The number of nitrogens with zero attached hydrogens (tertiary/aromatic N) is 1. The Labute approximate surface area is 101 Å². The van der Waals surface area contributed by atoms with Crippen LogP contribution in [0.1, 0.15) is 38.3 Å². The minimum absolute atomic E-state index is 0.0512. The lowest BCUT2D eigenvalue weighted by atomic mass is 9.99. The topological polar surface area (TPSA) is 38.9 Å². The van der Waals surface area contributed by atoms with Gasteiger partial charge in [-0.05, 0) is 24.8 Å². The zero-order chi connectivity index (χ0) is 11.4. The molecule has 4 heteroatoms. The standard InChI is InChI=1S/C11H16Cl2N2/c1-7(2)3-5-9(14)8-4-6-10(12)15-11(8)13/h4,6-7,9H,3,5,14H2,1-2H3/t9-/m0/s1. The molecule has 2 nitrogen and oxygen atoms in total. The smallest absolute Gasteiger partial charge is 0.135 e. The molecule has 0 bridgehead atoms. The zero-order valence-corrected chi connectivity index (χ0v) is 10.5. The lowest BCUT2D eigenvalue weighted by molar-refractivity contribution is 0.506. The molecule has 2 N–H and O–H groups in total. The molecule has 1 heterocycles. The van der Waals surface area contributed by atoms with Crippen molar-refractivity contribution >= 4 is 23.2 Å². The van der Waals surface area contributed by atoms with Crippen LogP contribution >= 0.6 is 23.2 Å². The van der Waals surface area contributed by atoms with Crippen molar-refractivity contribution in [2.75, 3.05) is 0 Å². The number of rotatable bonds is 4. The second-order valence-corrected chi connectivity index (χ2v) is 4.84. The SMILES string of the molecule is CC(C)CC[C@H](N)c1ccc(Cl)nc1Cl. The average Bonchev–Trinajstić information content (AvgIpc) is 2.14. The number of halogens is 2. The summed E-state index contributed by atoms with van der Waals surface area (Å²) in [6.07, 6.45) is 2.00. The van der Waals surface area contributed by atoms with Crippen LogP contribution < -0.4 is 5.73 Å². The summed E-state index contributed by atoms with van der Waals surface area (Å²) < 4.78 is 0. The van der Waals surface area contributed by atoms with Crippen LogP contribution in [0, 0.1) is 5.92 Å². The van der Waals surface area contributed by atoms with Gasteiger partial charge in [-0.1, -0.05) is 43.1 Å². The van der Waals surface area contributed by atoms with Crippen molar-refractivity contribution in [3.8, 4) is 0 Å². The largest absolute Gasteiger partial charge is 0.324 e. The molecule has 0 saturated heterocycles. The van der Waals surface area contributed by atoms with E-state index in [4.69, 9.17) is 28.9 Å². The minimum atomic E-state index is -0.0512. The third-order valence-corrected chi connectivity index (χ3v) is 2.81. The highest BCUT2D eigenvalue weighted by molar-refractivity contribution is 6.32. The highest BCUT2D eigenvalue weighted by Gasteiger charge is 2.11. The first-order valence-electron chi connectivity index (χ1n) is 5.08. The maximum atomic E-state index is 6.03. The average molecular weight is 247 g/mol. The van der Waals surface area contributed by atoms with Gasteiger partial charge in [0.25, 0.3) is 0 Å². The molecule has 0 aliphatic carbocycles. The van der Waals surface area contributed by atoms with E-state index in [1.807, 2.05) is 6.07 Å². The Morgan fingerprint density at radius 1 is 1.27 bits per heavy atom. The molecule has 0 aliphatic rings. The second kappa shape index (κ2) is 5.69. The summed E-state index contributed by atoms with van der Waals surface area (Å²) in [7, 11) is 0.